The van der Waals surface area contributed by atoms with E-state index in [4.69, 9.17) is 4.42 Å². The van der Waals surface area contributed by atoms with Crippen molar-refractivity contribution in [1.82, 2.24) is 0 Å². The van der Waals surface area contributed by atoms with Gasteiger partial charge in [0.15, 0.2) is 5.76 Å². The van der Waals surface area contributed by atoms with Crippen LogP contribution in [-0.2, 0) is 6.42 Å². The Balaban J connectivity index is 2.08. The first-order valence-electron chi connectivity index (χ1n) is 5.34. The van der Waals surface area contributed by atoms with Crippen molar-refractivity contribution in [1.29, 1.82) is 0 Å². The van der Waals surface area contributed by atoms with Gasteiger partial charge in [0.2, 0.25) is 0 Å². The number of furan rings is 1. The molecular weight excluding hydrogens is 329 g/mol. The summed E-state index contributed by atoms with van der Waals surface area (Å²) in [6.45, 7) is 1.99. The number of anilines is 1. The van der Waals surface area contributed by atoms with E-state index in [-0.39, 0.29) is 5.91 Å². The topological polar surface area (TPSA) is 42.2 Å². The summed E-state index contributed by atoms with van der Waals surface area (Å²) >= 11 is 2.22. The van der Waals surface area contributed by atoms with Crippen molar-refractivity contribution in [3.63, 3.8) is 0 Å². The lowest BCUT2D eigenvalue weighted by Crippen LogP contribution is -2.10. The van der Waals surface area contributed by atoms with Gasteiger partial charge in [-0.05, 0) is 59.0 Å². The molecule has 1 aromatic heterocycles. The highest BCUT2D eigenvalue weighted by Gasteiger charge is 2.10. The van der Waals surface area contributed by atoms with Gasteiger partial charge in [0.05, 0.1) is 0 Å². The van der Waals surface area contributed by atoms with Crippen LogP contribution in [0.15, 0.2) is 40.8 Å². The SMILES string of the molecule is CCc1ccc(C(=O)Nc2ccc(I)cc2)o1. The van der Waals surface area contributed by atoms with Gasteiger partial charge in [0.1, 0.15) is 5.76 Å². The van der Waals surface area contributed by atoms with Gasteiger partial charge < -0.3 is 9.73 Å². The third kappa shape index (κ3) is 3.09. The molecule has 0 aliphatic carbocycles. The van der Waals surface area contributed by atoms with Crippen molar-refractivity contribution in [2.45, 2.75) is 13.3 Å². The largest absolute Gasteiger partial charge is 0.456 e. The van der Waals surface area contributed by atoms with Crippen LogP contribution < -0.4 is 5.32 Å². The van der Waals surface area contributed by atoms with E-state index in [1.165, 1.54) is 0 Å². The standard InChI is InChI=1S/C13H12INO2/c1-2-11-7-8-12(17-11)13(16)15-10-5-3-9(14)4-6-10/h3-8H,2H2,1H3,(H,15,16). The molecule has 3 nitrogen and oxygen atoms in total. The van der Waals surface area contributed by atoms with Gasteiger partial charge >= 0.3 is 0 Å². The predicted octanol–water partition coefficient (Wildman–Crippen LogP) is 3.70. The number of rotatable bonds is 3. The van der Waals surface area contributed by atoms with E-state index in [0.717, 1.165) is 21.4 Å². The van der Waals surface area contributed by atoms with Crippen LogP contribution in [0.5, 0.6) is 0 Å². The fourth-order valence-corrected chi connectivity index (χ4v) is 1.78. The lowest BCUT2D eigenvalue weighted by molar-refractivity contribution is 0.0995. The minimum absolute atomic E-state index is 0.217. The second-order valence-corrected chi connectivity index (χ2v) is 4.83. The Bertz CT molecular complexity index is 516. The molecule has 0 saturated heterocycles. The van der Waals surface area contributed by atoms with Crippen molar-refractivity contribution in [3.05, 3.63) is 51.5 Å². The number of hydrogen-bond acceptors (Lipinski definition) is 2. The molecule has 0 atom stereocenters. The molecule has 0 bridgehead atoms. The highest BCUT2D eigenvalue weighted by molar-refractivity contribution is 14.1. The zero-order chi connectivity index (χ0) is 12.3. The number of benzene rings is 1. The van der Waals surface area contributed by atoms with Crippen molar-refractivity contribution in [2.75, 3.05) is 5.32 Å². The van der Waals surface area contributed by atoms with Crippen molar-refractivity contribution < 1.29 is 9.21 Å². The van der Waals surface area contributed by atoms with Gasteiger partial charge in [-0.2, -0.15) is 0 Å². The van der Waals surface area contributed by atoms with Gasteiger partial charge in [0, 0.05) is 15.7 Å². The molecule has 88 valence electrons. The average Bonchev–Trinajstić information content (AvgIpc) is 2.81. The normalized spacial score (nSPS) is 10.2. The molecule has 0 unspecified atom stereocenters. The Labute approximate surface area is 113 Å². The smallest absolute Gasteiger partial charge is 0.291 e. The van der Waals surface area contributed by atoms with Crippen molar-refractivity contribution >= 4 is 34.2 Å². The molecule has 4 heteroatoms. The molecule has 0 radical (unpaired) electrons. The van der Waals surface area contributed by atoms with Crippen LogP contribution in [0.25, 0.3) is 0 Å². The number of halogens is 1. The second kappa shape index (κ2) is 5.35. The molecule has 0 saturated carbocycles. The highest BCUT2D eigenvalue weighted by atomic mass is 127. The summed E-state index contributed by atoms with van der Waals surface area (Å²) in [4.78, 5) is 11.8. The molecule has 0 aliphatic heterocycles. The van der Waals surface area contributed by atoms with Gasteiger partial charge in [-0.15, -0.1) is 0 Å². The maximum Gasteiger partial charge on any atom is 0.291 e. The van der Waals surface area contributed by atoms with Crippen LogP contribution in [0, 0.1) is 3.57 Å². The maximum atomic E-state index is 11.8. The minimum Gasteiger partial charge on any atom is -0.456 e. The zero-order valence-electron chi connectivity index (χ0n) is 9.37. The molecule has 0 aliphatic rings. The van der Waals surface area contributed by atoms with E-state index in [1.54, 1.807) is 6.07 Å². The average molecular weight is 341 g/mol. The van der Waals surface area contributed by atoms with Gasteiger partial charge in [-0.3, -0.25) is 4.79 Å². The predicted molar refractivity (Wildman–Crippen MR) is 75.2 cm³/mol. The Morgan fingerprint density at radius 2 is 1.94 bits per heavy atom. The zero-order valence-corrected chi connectivity index (χ0v) is 11.5. The lowest BCUT2D eigenvalue weighted by Gasteiger charge is -2.02. The van der Waals surface area contributed by atoms with Gasteiger partial charge in [0.25, 0.3) is 5.91 Å². The molecule has 1 amide bonds. The Morgan fingerprint density at radius 1 is 1.24 bits per heavy atom. The van der Waals surface area contributed by atoms with E-state index in [9.17, 15) is 4.79 Å². The molecule has 0 spiro atoms. The molecular formula is C13H12INO2. The number of hydrogen-bond donors (Lipinski definition) is 1. The summed E-state index contributed by atoms with van der Waals surface area (Å²) in [6.07, 6.45) is 0.789. The molecule has 1 heterocycles. The summed E-state index contributed by atoms with van der Waals surface area (Å²) in [5.41, 5.74) is 0.768. The Morgan fingerprint density at radius 3 is 2.53 bits per heavy atom. The fourth-order valence-electron chi connectivity index (χ4n) is 1.42. The molecule has 2 aromatic rings. The first-order valence-corrected chi connectivity index (χ1v) is 6.42. The molecule has 2 rings (SSSR count). The van der Waals surface area contributed by atoms with E-state index in [1.807, 2.05) is 37.3 Å². The number of nitrogens with one attached hydrogen (secondary N) is 1. The van der Waals surface area contributed by atoms with Crippen molar-refractivity contribution in [3.8, 4) is 0 Å². The molecule has 0 fully saturated rings. The first kappa shape index (κ1) is 12.2. The van der Waals surface area contributed by atoms with E-state index in [0.29, 0.717) is 5.76 Å². The fraction of sp³-hybridized carbons (Fsp3) is 0.154. The summed E-state index contributed by atoms with van der Waals surface area (Å²) in [5.74, 6) is 0.948. The number of aryl methyl sites for hydroxylation is 1. The number of carbonyl (C=O) groups is 1. The monoisotopic (exact) mass is 341 g/mol. The van der Waals surface area contributed by atoms with E-state index < -0.39 is 0 Å². The Kier molecular flexibility index (Phi) is 3.83. The highest BCUT2D eigenvalue weighted by Crippen LogP contribution is 2.14. The van der Waals surface area contributed by atoms with Crippen LogP contribution >= 0.6 is 22.6 Å². The second-order valence-electron chi connectivity index (χ2n) is 3.58. The number of carbonyl (C=O) groups excluding carboxylic acids is 1. The quantitative estimate of drug-likeness (QED) is 0.865. The summed E-state index contributed by atoms with van der Waals surface area (Å²) in [6, 6.07) is 11.1. The van der Waals surface area contributed by atoms with Crippen LogP contribution in [0.3, 0.4) is 0 Å². The van der Waals surface area contributed by atoms with Crippen LogP contribution in [0.1, 0.15) is 23.2 Å². The summed E-state index contributed by atoms with van der Waals surface area (Å²) in [7, 11) is 0. The van der Waals surface area contributed by atoms with Crippen molar-refractivity contribution in [2.24, 2.45) is 0 Å². The molecule has 1 N–H and O–H groups in total. The minimum atomic E-state index is -0.217. The first-order chi connectivity index (χ1) is 8.19. The maximum absolute atomic E-state index is 11.8. The van der Waals surface area contributed by atoms with Crippen LogP contribution in [-0.4, -0.2) is 5.91 Å². The van der Waals surface area contributed by atoms with Crippen LogP contribution in [0.2, 0.25) is 0 Å². The molecule has 1 aromatic carbocycles. The van der Waals surface area contributed by atoms with E-state index in [2.05, 4.69) is 27.9 Å². The lowest BCUT2D eigenvalue weighted by atomic mass is 10.3. The van der Waals surface area contributed by atoms with E-state index >= 15 is 0 Å². The van der Waals surface area contributed by atoms with Crippen LogP contribution in [0.4, 0.5) is 5.69 Å². The summed E-state index contributed by atoms with van der Waals surface area (Å²) in [5, 5.41) is 2.79. The third-order valence-electron chi connectivity index (χ3n) is 2.34. The van der Waals surface area contributed by atoms with Gasteiger partial charge in [-0.25, -0.2) is 0 Å². The van der Waals surface area contributed by atoms with Gasteiger partial charge in [-0.1, -0.05) is 6.92 Å². The third-order valence-corrected chi connectivity index (χ3v) is 3.06. The summed E-state index contributed by atoms with van der Waals surface area (Å²) < 4.78 is 6.51. The molecule has 17 heavy (non-hydrogen) atoms. The number of amides is 1. The Hall–Kier alpha value is -1.30.